The Balaban J connectivity index is 2.72. The van der Waals surface area contributed by atoms with Gasteiger partial charge in [-0.2, -0.15) is 0 Å². The van der Waals surface area contributed by atoms with E-state index < -0.39 is 0 Å². The molecule has 1 saturated heterocycles. The Labute approximate surface area is 91.2 Å². The van der Waals surface area contributed by atoms with Crippen molar-refractivity contribution in [3.05, 3.63) is 0 Å². The van der Waals surface area contributed by atoms with Crippen LogP contribution in [-0.2, 0) is 14.3 Å². The van der Waals surface area contributed by atoms with Crippen molar-refractivity contribution in [3.63, 3.8) is 0 Å². The van der Waals surface area contributed by atoms with Gasteiger partial charge in [0.15, 0.2) is 0 Å². The minimum atomic E-state index is -0.360. The van der Waals surface area contributed by atoms with Crippen LogP contribution in [0.2, 0.25) is 0 Å². The number of cyclic esters (lactones) is 2. The predicted octanol–water partition coefficient (Wildman–Crippen LogP) is 2.68. The Morgan fingerprint density at radius 3 is 2.47 bits per heavy atom. The van der Waals surface area contributed by atoms with E-state index in [0.29, 0.717) is 0 Å². The van der Waals surface area contributed by atoms with E-state index in [4.69, 9.17) is 0 Å². The number of rotatable bonds is 5. The molecular formula is C12H20O3. The third-order valence-electron chi connectivity index (χ3n) is 3.62. The van der Waals surface area contributed by atoms with Crippen LogP contribution in [0.15, 0.2) is 0 Å². The molecule has 2 unspecified atom stereocenters. The van der Waals surface area contributed by atoms with E-state index >= 15 is 0 Å². The number of hydrogen-bond acceptors (Lipinski definition) is 3. The smallest absolute Gasteiger partial charge is 0.317 e. The van der Waals surface area contributed by atoms with Gasteiger partial charge >= 0.3 is 11.9 Å². The molecule has 0 N–H and O–H groups in total. The van der Waals surface area contributed by atoms with Crippen LogP contribution < -0.4 is 0 Å². The van der Waals surface area contributed by atoms with Crippen molar-refractivity contribution in [2.45, 2.75) is 52.9 Å². The van der Waals surface area contributed by atoms with Crippen molar-refractivity contribution < 1.29 is 14.3 Å². The molecule has 1 aliphatic rings. The highest BCUT2D eigenvalue weighted by Gasteiger charge is 2.45. The molecule has 0 bridgehead atoms. The molecule has 0 saturated carbocycles. The van der Waals surface area contributed by atoms with Gasteiger partial charge in [-0.25, -0.2) is 0 Å². The summed E-state index contributed by atoms with van der Waals surface area (Å²) < 4.78 is 4.62. The Hall–Kier alpha value is -0.860. The van der Waals surface area contributed by atoms with Crippen LogP contribution in [0.25, 0.3) is 0 Å². The van der Waals surface area contributed by atoms with Crippen LogP contribution in [-0.4, -0.2) is 11.9 Å². The fraction of sp³-hybridized carbons (Fsp3) is 0.833. The molecule has 0 aromatic carbocycles. The first-order valence-corrected chi connectivity index (χ1v) is 5.78. The molecular weight excluding hydrogens is 192 g/mol. The molecule has 2 atom stereocenters. The largest absolute Gasteiger partial charge is 0.393 e. The monoisotopic (exact) mass is 212 g/mol. The van der Waals surface area contributed by atoms with E-state index in [1.807, 2.05) is 0 Å². The van der Waals surface area contributed by atoms with Gasteiger partial charge in [-0.1, -0.05) is 33.6 Å². The minimum Gasteiger partial charge on any atom is -0.393 e. The summed E-state index contributed by atoms with van der Waals surface area (Å²) in [6.07, 6.45) is 4.40. The quantitative estimate of drug-likeness (QED) is 0.520. The molecule has 0 aromatic heterocycles. The molecule has 1 aliphatic heterocycles. The maximum Gasteiger partial charge on any atom is 0.317 e. The number of esters is 2. The van der Waals surface area contributed by atoms with Crippen molar-refractivity contribution in [1.29, 1.82) is 0 Å². The second kappa shape index (κ2) is 4.77. The molecule has 3 nitrogen and oxygen atoms in total. The Morgan fingerprint density at radius 1 is 1.40 bits per heavy atom. The third-order valence-corrected chi connectivity index (χ3v) is 3.62. The summed E-state index contributed by atoms with van der Waals surface area (Å²) in [5.41, 5.74) is -0.0702. The number of hydrogen-bond donors (Lipinski definition) is 0. The lowest BCUT2D eigenvalue weighted by Crippen LogP contribution is -2.30. The molecule has 15 heavy (non-hydrogen) atoms. The van der Waals surface area contributed by atoms with Crippen LogP contribution in [0.1, 0.15) is 52.9 Å². The lowest BCUT2D eigenvalue weighted by Gasteiger charge is -2.31. The molecule has 0 amide bonds. The van der Waals surface area contributed by atoms with E-state index in [1.54, 1.807) is 0 Å². The Morgan fingerprint density at radius 2 is 2.07 bits per heavy atom. The summed E-state index contributed by atoms with van der Waals surface area (Å²) in [6, 6.07) is 0. The predicted molar refractivity (Wildman–Crippen MR) is 57.1 cm³/mol. The van der Waals surface area contributed by atoms with Gasteiger partial charge in [0.25, 0.3) is 0 Å². The van der Waals surface area contributed by atoms with Gasteiger partial charge in [-0.3, -0.25) is 9.59 Å². The SMILES string of the molecule is CCCCC(C)(CC)C1CC(=O)OC1=O. The fourth-order valence-electron chi connectivity index (χ4n) is 2.18. The minimum absolute atomic E-state index is 0.0702. The molecule has 0 radical (unpaired) electrons. The highest BCUT2D eigenvalue weighted by atomic mass is 16.6. The maximum atomic E-state index is 11.5. The van der Waals surface area contributed by atoms with Crippen LogP contribution in [0.5, 0.6) is 0 Å². The zero-order chi connectivity index (χ0) is 11.5. The maximum absolute atomic E-state index is 11.5. The zero-order valence-electron chi connectivity index (χ0n) is 9.84. The van der Waals surface area contributed by atoms with Crippen LogP contribution >= 0.6 is 0 Å². The highest BCUT2D eigenvalue weighted by Crippen LogP contribution is 2.41. The van der Waals surface area contributed by atoms with Crippen molar-refractivity contribution in [2.24, 2.45) is 11.3 Å². The first kappa shape index (κ1) is 12.2. The number of ether oxygens (including phenoxy) is 1. The normalized spacial score (nSPS) is 25.1. The van der Waals surface area contributed by atoms with Gasteiger partial charge < -0.3 is 4.74 Å². The van der Waals surface area contributed by atoms with Crippen LogP contribution in [0, 0.1) is 11.3 Å². The Kier molecular flexibility index (Phi) is 3.89. The molecule has 0 aliphatic carbocycles. The summed E-state index contributed by atoms with van der Waals surface area (Å²) >= 11 is 0. The average Bonchev–Trinajstić information content (AvgIpc) is 2.55. The topological polar surface area (TPSA) is 43.4 Å². The molecule has 1 heterocycles. The van der Waals surface area contributed by atoms with Crippen LogP contribution in [0.3, 0.4) is 0 Å². The van der Waals surface area contributed by atoms with Gasteiger partial charge in [0.1, 0.15) is 0 Å². The van der Waals surface area contributed by atoms with E-state index in [2.05, 4.69) is 25.5 Å². The van der Waals surface area contributed by atoms with E-state index in [0.717, 1.165) is 25.7 Å². The summed E-state index contributed by atoms with van der Waals surface area (Å²) in [4.78, 5) is 22.6. The number of carbonyl (C=O) groups excluding carboxylic acids is 2. The molecule has 1 rings (SSSR count). The third kappa shape index (κ3) is 2.58. The lowest BCUT2D eigenvalue weighted by molar-refractivity contribution is -0.154. The molecule has 86 valence electrons. The summed E-state index contributed by atoms with van der Waals surface area (Å²) in [5, 5.41) is 0. The van der Waals surface area contributed by atoms with Gasteiger partial charge in [-0.15, -0.1) is 0 Å². The zero-order valence-corrected chi connectivity index (χ0v) is 9.84. The van der Waals surface area contributed by atoms with Crippen molar-refractivity contribution in [3.8, 4) is 0 Å². The first-order valence-electron chi connectivity index (χ1n) is 5.78. The summed E-state index contributed by atoms with van der Waals surface area (Å²) in [6.45, 7) is 6.30. The fourth-order valence-corrected chi connectivity index (χ4v) is 2.18. The Bertz CT molecular complexity index is 260. The average molecular weight is 212 g/mol. The van der Waals surface area contributed by atoms with Crippen molar-refractivity contribution in [1.82, 2.24) is 0 Å². The van der Waals surface area contributed by atoms with Gasteiger partial charge in [0, 0.05) is 0 Å². The van der Waals surface area contributed by atoms with Crippen molar-refractivity contribution >= 4 is 11.9 Å². The van der Waals surface area contributed by atoms with Gasteiger partial charge in [0.2, 0.25) is 0 Å². The summed E-state index contributed by atoms with van der Waals surface area (Å²) in [5.74, 6) is -0.900. The standard InChI is InChI=1S/C12H20O3/c1-4-6-7-12(3,5-2)9-8-10(13)15-11(9)14/h9H,4-8H2,1-3H3. The van der Waals surface area contributed by atoms with Gasteiger partial charge in [0.05, 0.1) is 12.3 Å². The molecule has 1 fully saturated rings. The van der Waals surface area contributed by atoms with Gasteiger partial charge in [-0.05, 0) is 18.3 Å². The van der Waals surface area contributed by atoms with E-state index in [-0.39, 0.29) is 29.7 Å². The van der Waals surface area contributed by atoms with Crippen molar-refractivity contribution in [2.75, 3.05) is 0 Å². The summed E-state index contributed by atoms with van der Waals surface area (Å²) in [7, 11) is 0. The molecule has 3 heteroatoms. The molecule has 0 aromatic rings. The van der Waals surface area contributed by atoms with Crippen LogP contribution in [0.4, 0.5) is 0 Å². The first-order chi connectivity index (χ1) is 7.03. The van der Waals surface area contributed by atoms with E-state index in [9.17, 15) is 9.59 Å². The second-order valence-corrected chi connectivity index (χ2v) is 4.66. The second-order valence-electron chi connectivity index (χ2n) is 4.66. The highest BCUT2D eigenvalue weighted by molar-refractivity contribution is 5.95. The molecule has 0 spiro atoms. The number of carbonyl (C=O) groups is 2. The van der Waals surface area contributed by atoms with E-state index in [1.165, 1.54) is 0 Å². The lowest BCUT2D eigenvalue weighted by atomic mass is 9.71. The number of unbranched alkanes of at least 4 members (excludes halogenated alkanes) is 1.